The number of anilines is 3. The highest BCUT2D eigenvalue weighted by Crippen LogP contribution is 2.55. The van der Waals surface area contributed by atoms with Crippen LogP contribution in [0.1, 0.15) is 105 Å². The Bertz CT molecular complexity index is 1690. The number of piperidine rings is 1. The topological polar surface area (TPSA) is 164 Å². The standard InChI is InChI=1S/C34H45N9O2S/c1-4-42-15-7-10-24(42)20(2)38-30-23(18-36)32(43-16-8-12-33(3,44)19-43)40-31(39-30)27-21-9-5-13-34(28(21)45-41-27)14-6-11-25-26(34)22(17-35)29(37)46-25/h18,20,24,36,44H,4-16,19,37H2,1-3H3,(H,38,39,40). The van der Waals surface area contributed by atoms with Crippen molar-refractivity contribution in [1.29, 1.82) is 10.7 Å². The molecule has 0 aromatic carbocycles. The first kappa shape index (κ1) is 31.1. The molecule has 5 heterocycles. The van der Waals surface area contributed by atoms with Crippen LogP contribution in [-0.2, 0) is 18.3 Å². The van der Waals surface area contributed by atoms with Gasteiger partial charge in [0.1, 0.15) is 22.7 Å². The molecule has 4 atom stereocenters. The molecule has 5 N–H and O–H groups in total. The molecule has 12 heteroatoms. The lowest BCUT2D eigenvalue weighted by atomic mass is 9.63. The van der Waals surface area contributed by atoms with Gasteiger partial charge in [0.25, 0.3) is 0 Å². The molecule has 0 radical (unpaired) electrons. The number of fused-ring (bicyclic) bond motifs is 4. The zero-order valence-electron chi connectivity index (χ0n) is 27.2. The SMILES string of the molecule is CCN1CCCC1C(C)Nc1nc(-c2noc3c2CCCC32CCCc3sc(N)c(C#N)c32)nc(N2CCCC(C)(O)C2)c1C=N. The van der Waals surface area contributed by atoms with E-state index < -0.39 is 11.0 Å². The number of rotatable bonds is 7. The van der Waals surface area contributed by atoms with Crippen molar-refractivity contribution < 1.29 is 9.63 Å². The Kier molecular flexibility index (Phi) is 8.06. The fraction of sp³-hybridized carbons (Fsp3) is 0.618. The number of likely N-dealkylation sites (N-methyl/N-ethyl adjacent to an activating group) is 1. The minimum atomic E-state index is -0.853. The first-order valence-corrected chi connectivity index (χ1v) is 17.7. The van der Waals surface area contributed by atoms with E-state index in [2.05, 4.69) is 40.2 Å². The van der Waals surface area contributed by atoms with Gasteiger partial charge in [0.05, 0.1) is 22.1 Å². The maximum atomic E-state index is 11.0. The van der Waals surface area contributed by atoms with E-state index in [0.29, 0.717) is 51.9 Å². The predicted molar refractivity (Wildman–Crippen MR) is 181 cm³/mol. The number of hydrogen-bond donors (Lipinski definition) is 4. The van der Waals surface area contributed by atoms with E-state index >= 15 is 0 Å². The monoisotopic (exact) mass is 643 g/mol. The molecule has 2 aliphatic heterocycles. The molecular formula is C34H45N9O2S. The quantitative estimate of drug-likeness (QED) is 0.250. The molecule has 2 fully saturated rings. The Morgan fingerprint density at radius 2 is 2.02 bits per heavy atom. The average molecular weight is 644 g/mol. The van der Waals surface area contributed by atoms with Crippen molar-refractivity contribution in [2.45, 2.75) is 108 Å². The lowest BCUT2D eigenvalue weighted by Crippen LogP contribution is -2.47. The smallest absolute Gasteiger partial charge is 0.186 e. The minimum absolute atomic E-state index is 0.102. The number of aryl methyl sites for hydroxylation is 1. The summed E-state index contributed by atoms with van der Waals surface area (Å²) in [6.07, 6.45) is 10.6. The molecule has 0 bridgehead atoms. The van der Waals surface area contributed by atoms with Crippen molar-refractivity contribution in [2.75, 3.05) is 42.1 Å². The first-order valence-electron chi connectivity index (χ1n) is 16.9. The summed E-state index contributed by atoms with van der Waals surface area (Å²) in [5.41, 5.74) is 8.95. The third-order valence-corrected chi connectivity index (χ3v) is 12.0. The van der Waals surface area contributed by atoms with Gasteiger partial charge < -0.3 is 31.0 Å². The summed E-state index contributed by atoms with van der Waals surface area (Å²) in [5.74, 6) is 2.52. The number of likely N-dealkylation sites (tertiary alicyclic amines) is 1. The number of β-amino-alcohol motifs (C(OH)–C–C–N with tert-alkyl or cyclic N) is 1. The highest BCUT2D eigenvalue weighted by atomic mass is 32.1. The maximum Gasteiger partial charge on any atom is 0.186 e. The van der Waals surface area contributed by atoms with E-state index in [1.54, 1.807) is 0 Å². The Labute approximate surface area is 274 Å². The van der Waals surface area contributed by atoms with Crippen LogP contribution in [0.3, 0.4) is 0 Å². The van der Waals surface area contributed by atoms with Crippen LogP contribution in [-0.4, -0.2) is 75.2 Å². The highest BCUT2D eigenvalue weighted by molar-refractivity contribution is 7.16. The fourth-order valence-electron chi connectivity index (χ4n) is 8.79. The first-order chi connectivity index (χ1) is 22.2. The Hall–Kier alpha value is -3.53. The van der Waals surface area contributed by atoms with Crippen LogP contribution in [0.15, 0.2) is 4.52 Å². The number of nitrogens with zero attached hydrogens (tertiary/aromatic N) is 6. The fourth-order valence-corrected chi connectivity index (χ4v) is 9.95. The molecule has 2 saturated heterocycles. The molecule has 46 heavy (non-hydrogen) atoms. The molecule has 3 aromatic heterocycles. The number of aromatic nitrogens is 3. The van der Waals surface area contributed by atoms with Gasteiger partial charge >= 0.3 is 0 Å². The molecular weight excluding hydrogens is 599 g/mol. The van der Waals surface area contributed by atoms with Gasteiger partial charge in [0.2, 0.25) is 0 Å². The van der Waals surface area contributed by atoms with Crippen molar-refractivity contribution in [2.24, 2.45) is 0 Å². The number of nitriles is 1. The largest absolute Gasteiger partial charge is 0.389 e. The molecule has 3 aromatic rings. The molecule has 11 nitrogen and oxygen atoms in total. The molecule has 1 spiro atoms. The van der Waals surface area contributed by atoms with Crippen molar-refractivity contribution in [3.63, 3.8) is 0 Å². The summed E-state index contributed by atoms with van der Waals surface area (Å²) < 4.78 is 6.31. The Balaban J connectivity index is 1.35. The van der Waals surface area contributed by atoms with Gasteiger partial charge in [-0.05, 0) is 96.7 Å². The maximum absolute atomic E-state index is 11.0. The van der Waals surface area contributed by atoms with Gasteiger partial charge in [-0.2, -0.15) is 5.26 Å². The van der Waals surface area contributed by atoms with Gasteiger partial charge in [-0.15, -0.1) is 11.3 Å². The number of hydrogen-bond acceptors (Lipinski definition) is 12. The molecule has 4 aliphatic rings. The van der Waals surface area contributed by atoms with Gasteiger partial charge in [0.15, 0.2) is 17.3 Å². The summed E-state index contributed by atoms with van der Waals surface area (Å²) in [5, 5.41) is 38.6. The number of nitrogens with two attached hydrogens (primary N) is 1. The van der Waals surface area contributed by atoms with E-state index in [4.69, 9.17) is 25.6 Å². The summed E-state index contributed by atoms with van der Waals surface area (Å²) >= 11 is 1.54. The predicted octanol–water partition coefficient (Wildman–Crippen LogP) is 5.24. The van der Waals surface area contributed by atoms with E-state index in [1.807, 2.05) is 6.92 Å². The molecule has 244 valence electrons. The third kappa shape index (κ3) is 5.07. The van der Waals surface area contributed by atoms with Crippen molar-refractivity contribution in [3.05, 3.63) is 32.9 Å². The summed E-state index contributed by atoms with van der Waals surface area (Å²) in [4.78, 5) is 16.0. The normalized spacial score (nSPS) is 26.8. The van der Waals surface area contributed by atoms with Crippen LogP contribution in [0.5, 0.6) is 0 Å². The molecule has 4 unspecified atom stereocenters. The van der Waals surface area contributed by atoms with Crippen LogP contribution in [0.25, 0.3) is 11.5 Å². The van der Waals surface area contributed by atoms with Crippen molar-refractivity contribution >= 4 is 34.2 Å². The lowest BCUT2D eigenvalue weighted by molar-refractivity contribution is 0.0447. The number of aliphatic hydroxyl groups is 1. The van der Waals surface area contributed by atoms with Gasteiger partial charge in [-0.25, -0.2) is 9.97 Å². The Morgan fingerprint density at radius 1 is 1.22 bits per heavy atom. The second-order valence-electron chi connectivity index (χ2n) is 14.0. The van der Waals surface area contributed by atoms with E-state index in [9.17, 15) is 10.4 Å². The number of nitrogen functional groups attached to an aromatic ring is 1. The molecule has 7 rings (SSSR count). The Morgan fingerprint density at radius 3 is 2.76 bits per heavy atom. The number of thiophene rings is 1. The molecule has 0 saturated carbocycles. The molecule has 2 aliphatic carbocycles. The zero-order valence-corrected chi connectivity index (χ0v) is 28.0. The molecule has 0 amide bonds. The van der Waals surface area contributed by atoms with E-state index in [-0.39, 0.29) is 6.04 Å². The number of nitrogens with one attached hydrogen (secondary N) is 2. The van der Waals surface area contributed by atoms with Gasteiger partial charge in [-0.3, -0.25) is 4.90 Å². The third-order valence-electron chi connectivity index (χ3n) is 10.9. The van der Waals surface area contributed by atoms with Gasteiger partial charge in [0, 0.05) is 41.8 Å². The summed E-state index contributed by atoms with van der Waals surface area (Å²) in [6.45, 7) is 9.50. The lowest BCUT2D eigenvalue weighted by Gasteiger charge is -2.39. The minimum Gasteiger partial charge on any atom is -0.389 e. The second kappa shape index (κ2) is 11.9. The highest BCUT2D eigenvalue weighted by Gasteiger charge is 2.49. The van der Waals surface area contributed by atoms with Crippen LogP contribution in [0.4, 0.5) is 16.6 Å². The van der Waals surface area contributed by atoms with E-state index in [1.165, 1.54) is 28.8 Å². The van der Waals surface area contributed by atoms with Crippen LogP contribution < -0.4 is 16.0 Å². The van der Waals surface area contributed by atoms with E-state index in [0.717, 1.165) is 94.3 Å². The summed E-state index contributed by atoms with van der Waals surface area (Å²) in [7, 11) is 0. The van der Waals surface area contributed by atoms with Crippen LogP contribution >= 0.6 is 11.3 Å². The zero-order chi connectivity index (χ0) is 32.2. The van der Waals surface area contributed by atoms with Gasteiger partial charge in [-0.1, -0.05) is 12.1 Å². The van der Waals surface area contributed by atoms with Crippen molar-refractivity contribution in [1.82, 2.24) is 20.0 Å². The summed E-state index contributed by atoms with van der Waals surface area (Å²) in [6, 6.07) is 2.87. The second-order valence-corrected chi connectivity index (χ2v) is 15.1. The van der Waals surface area contributed by atoms with Crippen LogP contribution in [0, 0.1) is 16.7 Å². The van der Waals surface area contributed by atoms with Crippen molar-refractivity contribution in [3.8, 4) is 17.6 Å². The van der Waals surface area contributed by atoms with Crippen LogP contribution in [0.2, 0.25) is 0 Å². The average Bonchev–Trinajstić information content (AvgIpc) is 3.77.